The minimum atomic E-state index is 0.784. The summed E-state index contributed by atoms with van der Waals surface area (Å²) in [7, 11) is 0. The van der Waals surface area contributed by atoms with Crippen LogP contribution in [-0.2, 0) is 6.54 Å². The molecule has 72 valence electrons. The van der Waals surface area contributed by atoms with Crippen LogP contribution in [0.15, 0.2) is 24.4 Å². The molecule has 0 saturated heterocycles. The van der Waals surface area contributed by atoms with Crippen molar-refractivity contribution in [3.63, 3.8) is 0 Å². The van der Waals surface area contributed by atoms with E-state index in [1.165, 1.54) is 5.56 Å². The van der Waals surface area contributed by atoms with Crippen LogP contribution < -0.4 is 0 Å². The van der Waals surface area contributed by atoms with E-state index in [1.54, 1.807) is 0 Å². The summed E-state index contributed by atoms with van der Waals surface area (Å²) in [5, 5.41) is 1.09. The van der Waals surface area contributed by atoms with Crippen LogP contribution in [0.1, 0.15) is 22.8 Å². The lowest BCUT2D eigenvalue weighted by Crippen LogP contribution is -1.90. The van der Waals surface area contributed by atoms with Crippen molar-refractivity contribution in [1.29, 1.82) is 0 Å². The standard InChI is InChI=1S/C12H13NO/c1-3-13-7-9(2)12-10(8-14)5-4-6-11(12)13/h4-8H,3H2,1-2H3. The van der Waals surface area contributed by atoms with Gasteiger partial charge in [-0.2, -0.15) is 0 Å². The van der Waals surface area contributed by atoms with E-state index < -0.39 is 0 Å². The van der Waals surface area contributed by atoms with Gasteiger partial charge in [0.1, 0.15) is 0 Å². The van der Waals surface area contributed by atoms with Gasteiger partial charge in [0.15, 0.2) is 6.29 Å². The van der Waals surface area contributed by atoms with Gasteiger partial charge in [0.05, 0.1) is 0 Å². The molecule has 0 radical (unpaired) electrons. The molecule has 2 heteroatoms. The highest BCUT2D eigenvalue weighted by Gasteiger charge is 2.07. The summed E-state index contributed by atoms with van der Waals surface area (Å²) >= 11 is 0. The molecule has 0 bridgehead atoms. The highest BCUT2D eigenvalue weighted by molar-refractivity contribution is 5.99. The van der Waals surface area contributed by atoms with Crippen molar-refractivity contribution in [2.24, 2.45) is 0 Å². The molecule has 1 aromatic heterocycles. The zero-order valence-electron chi connectivity index (χ0n) is 8.45. The van der Waals surface area contributed by atoms with E-state index >= 15 is 0 Å². The molecular formula is C12H13NO. The van der Waals surface area contributed by atoms with Crippen molar-refractivity contribution >= 4 is 17.2 Å². The summed E-state index contributed by atoms with van der Waals surface area (Å²) in [6.07, 6.45) is 3.02. The molecule has 0 aliphatic heterocycles. The fraction of sp³-hybridized carbons (Fsp3) is 0.250. The lowest BCUT2D eigenvalue weighted by molar-refractivity contribution is 0.112. The number of carbonyl (C=O) groups is 1. The van der Waals surface area contributed by atoms with E-state index in [9.17, 15) is 4.79 Å². The lowest BCUT2D eigenvalue weighted by atomic mass is 10.1. The van der Waals surface area contributed by atoms with Gasteiger partial charge < -0.3 is 4.57 Å². The third-order valence-electron chi connectivity index (χ3n) is 2.60. The Labute approximate surface area is 83.2 Å². The summed E-state index contributed by atoms with van der Waals surface area (Å²) in [5.41, 5.74) is 3.10. The first kappa shape index (κ1) is 9.00. The molecule has 1 aromatic carbocycles. The van der Waals surface area contributed by atoms with Crippen molar-refractivity contribution in [3.8, 4) is 0 Å². The summed E-state index contributed by atoms with van der Waals surface area (Å²) in [6.45, 7) is 5.08. The normalized spacial score (nSPS) is 10.7. The second-order valence-electron chi connectivity index (χ2n) is 3.46. The molecule has 2 rings (SSSR count). The first-order valence-corrected chi connectivity index (χ1v) is 4.81. The molecule has 0 fully saturated rings. The van der Waals surface area contributed by atoms with Crippen LogP contribution in [-0.4, -0.2) is 10.9 Å². The number of benzene rings is 1. The van der Waals surface area contributed by atoms with Crippen LogP contribution in [0.2, 0.25) is 0 Å². The molecule has 1 heterocycles. The molecule has 0 saturated carbocycles. The molecule has 0 N–H and O–H groups in total. The maximum Gasteiger partial charge on any atom is 0.150 e. The van der Waals surface area contributed by atoms with E-state index in [0.717, 1.165) is 29.3 Å². The van der Waals surface area contributed by atoms with Gasteiger partial charge in [0.2, 0.25) is 0 Å². The first-order valence-electron chi connectivity index (χ1n) is 4.81. The Hall–Kier alpha value is -1.57. The summed E-state index contributed by atoms with van der Waals surface area (Å²) in [5.74, 6) is 0. The maximum absolute atomic E-state index is 10.9. The number of rotatable bonds is 2. The quantitative estimate of drug-likeness (QED) is 0.662. The van der Waals surface area contributed by atoms with Crippen LogP contribution in [0.25, 0.3) is 10.9 Å². The van der Waals surface area contributed by atoms with Gasteiger partial charge in [-0.1, -0.05) is 12.1 Å². The predicted molar refractivity (Wildman–Crippen MR) is 57.7 cm³/mol. The van der Waals surface area contributed by atoms with E-state index in [4.69, 9.17) is 0 Å². The van der Waals surface area contributed by atoms with Crippen molar-refractivity contribution in [3.05, 3.63) is 35.5 Å². The van der Waals surface area contributed by atoms with E-state index in [0.29, 0.717) is 0 Å². The lowest BCUT2D eigenvalue weighted by Gasteiger charge is -2.00. The minimum Gasteiger partial charge on any atom is -0.347 e. The second-order valence-corrected chi connectivity index (χ2v) is 3.46. The van der Waals surface area contributed by atoms with Crippen LogP contribution in [0, 0.1) is 6.92 Å². The zero-order chi connectivity index (χ0) is 10.1. The number of hydrogen-bond donors (Lipinski definition) is 0. The monoisotopic (exact) mass is 187 g/mol. The number of aldehydes is 1. The Bertz CT molecular complexity index is 482. The smallest absolute Gasteiger partial charge is 0.150 e. The van der Waals surface area contributed by atoms with E-state index in [2.05, 4.69) is 23.8 Å². The second kappa shape index (κ2) is 3.29. The molecule has 0 unspecified atom stereocenters. The zero-order valence-corrected chi connectivity index (χ0v) is 8.45. The van der Waals surface area contributed by atoms with Crippen LogP contribution in [0.4, 0.5) is 0 Å². The highest BCUT2D eigenvalue weighted by atomic mass is 16.1. The Kier molecular flexibility index (Phi) is 2.12. The predicted octanol–water partition coefficient (Wildman–Crippen LogP) is 2.78. The summed E-state index contributed by atoms with van der Waals surface area (Å²) in [6, 6.07) is 5.85. The van der Waals surface area contributed by atoms with E-state index in [1.807, 2.05) is 19.1 Å². The third-order valence-corrected chi connectivity index (χ3v) is 2.60. The van der Waals surface area contributed by atoms with Crippen molar-refractivity contribution < 1.29 is 4.79 Å². The maximum atomic E-state index is 10.9. The minimum absolute atomic E-state index is 0.784. The Balaban J connectivity index is 2.87. The molecule has 0 aliphatic rings. The Morgan fingerprint density at radius 3 is 2.86 bits per heavy atom. The summed E-state index contributed by atoms with van der Waals surface area (Å²) in [4.78, 5) is 10.9. The number of hydrogen-bond acceptors (Lipinski definition) is 1. The molecule has 0 spiro atoms. The van der Waals surface area contributed by atoms with Gasteiger partial charge in [-0.3, -0.25) is 4.79 Å². The summed E-state index contributed by atoms with van der Waals surface area (Å²) < 4.78 is 2.16. The number of aromatic nitrogens is 1. The number of fused-ring (bicyclic) bond motifs is 1. The Morgan fingerprint density at radius 2 is 2.21 bits per heavy atom. The van der Waals surface area contributed by atoms with Crippen LogP contribution >= 0.6 is 0 Å². The van der Waals surface area contributed by atoms with Crippen molar-refractivity contribution in [2.75, 3.05) is 0 Å². The van der Waals surface area contributed by atoms with Crippen molar-refractivity contribution in [2.45, 2.75) is 20.4 Å². The highest BCUT2D eigenvalue weighted by Crippen LogP contribution is 2.23. The molecule has 0 aliphatic carbocycles. The topological polar surface area (TPSA) is 22.0 Å². The van der Waals surface area contributed by atoms with Gasteiger partial charge >= 0.3 is 0 Å². The van der Waals surface area contributed by atoms with E-state index in [-0.39, 0.29) is 0 Å². The van der Waals surface area contributed by atoms with Gasteiger partial charge in [-0.05, 0) is 25.5 Å². The number of nitrogens with zero attached hydrogens (tertiary/aromatic N) is 1. The molecule has 14 heavy (non-hydrogen) atoms. The first-order chi connectivity index (χ1) is 6.77. The van der Waals surface area contributed by atoms with Crippen LogP contribution in [0.5, 0.6) is 0 Å². The Morgan fingerprint density at radius 1 is 1.43 bits per heavy atom. The van der Waals surface area contributed by atoms with Gasteiger partial charge in [-0.15, -0.1) is 0 Å². The van der Waals surface area contributed by atoms with Crippen molar-refractivity contribution in [1.82, 2.24) is 4.57 Å². The van der Waals surface area contributed by atoms with Gasteiger partial charge in [0.25, 0.3) is 0 Å². The molecule has 2 aromatic rings. The largest absolute Gasteiger partial charge is 0.347 e. The van der Waals surface area contributed by atoms with Gasteiger partial charge in [0, 0.05) is 29.2 Å². The fourth-order valence-corrected chi connectivity index (χ4v) is 1.95. The average Bonchev–Trinajstić information content (AvgIpc) is 2.55. The third kappa shape index (κ3) is 1.15. The number of aryl methyl sites for hydroxylation is 2. The van der Waals surface area contributed by atoms with Gasteiger partial charge in [-0.25, -0.2) is 0 Å². The average molecular weight is 187 g/mol. The molecular weight excluding hydrogens is 174 g/mol. The fourth-order valence-electron chi connectivity index (χ4n) is 1.95. The SMILES string of the molecule is CCn1cc(C)c2c(C=O)cccc21. The molecule has 2 nitrogen and oxygen atoms in total. The molecule has 0 amide bonds. The molecule has 0 atom stereocenters. The number of carbonyl (C=O) groups excluding carboxylic acids is 1. The van der Waals surface area contributed by atoms with Crippen LogP contribution in [0.3, 0.4) is 0 Å².